The first-order valence-corrected chi connectivity index (χ1v) is 13.7. The van der Waals surface area contributed by atoms with Crippen molar-refractivity contribution in [1.82, 2.24) is 20.6 Å². The van der Waals surface area contributed by atoms with Gasteiger partial charge in [-0.3, -0.25) is 14.6 Å². The van der Waals surface area contributed by atoms with Gasteiger partial charge < -0.3 is 21.1 Å². The van der Waals surface area contributed by atoms with Crippen LogP contribution in [0.3, 0.4) is 0 Å². The van der Waals surface area contributed by atoms with Gasteiger partial charge in [-0.05, 0) is 68.9 Å². The maximum atomic E-state index is 12.9. The van der Waals surface area contributed by atoms with Crippen LogP contribution in [0.2, 0.25) is 0 Å². The number of amides is 2. The van der Waals surface area contributed by atoms with Gasteiger partial charge in [0.25, 0.3) is 5.91 Å². The van der Waals surface area contributed by atoms with E-state index in [1.807, 2.05) is 12.1 Å². The highest BCUT2D eigenvalue weighted by molar-refractivity contribution is 7.15. The van der Waals surface area contributed by atoms with Crippen LogP contribution in [-0.4, -0.2) is 45.2 Å². The Kier molecular flexibility index (Phi) is 8.99. The SMILES string of the molecule is C[C@H](CC(=N)C1CCC(O)(c2cnc(-c3cccnc3)s2)CC1)NC(=O)CNC(=O)c1cccc(C(F)(F)F)c1. The number of pyridine rings is 1. The molecule has 8 nitrogen and oxygen atoms in total. The minimum atomic E-state index is -4.57. The molecule has 1 fully saturated rings. The molecule has 0 spiro atoms. The first-order chi connectivity index (χ1) is 18.9. The standard InChI is InChI=1S/C28H30F3N5O3S/c1-17(36-24(37)16-34-25(38)19-4-2-6-21(13-19)28(29,30)31)12-22(32)18-7-9-27(39,10-8-18)23-15-35-26(40-23)20-5-3-11-33-14-20/h2-6,11,13-15,17-18,32,39H,7-10,12,16H2,1H3,(H,34,38)(H,36,37)/t17-,18?,27?/m1/s1. The number of alkyl halides is 3. The molecule has 0 bridgehead atoms. The predicted molar refractivity (Wildman–Crippen MR) is 145 cm³/mol. The van der Waals surface area contributed by atoms with Crippen LogP contribution < -0.4 is 10.6 Å². The molecule has 0 radical (unpaired) electrons. The van der Waals surface area contributed by atoms with Crippen LogP contribution in [0.1, 0.15) is 59.8 Å². The fraction of sp³-hybridized carbons (Fsp3) is 0.393. The molecule has 212 valence electrons. The molecule has 0 saturated heterocycles. The molecule has 2 heterocycles. The topological polar surface area (TPSA) is 128 Å². The maximum absolute atomic E-state index is 12.9. The molecule has 1 atom stereocenters. The highest BCUT2D eigenvalue weighted by Crippen LogP contribution is 2.43. The molecule has 0 aliphatic heterocycles. The van der Waals surface area contributed by atoms with Crippen LogP contribution in [0.15, 0.2) is 55.0 Å². The Bertz CT molecular complexity index is 1350. The summed E-state index contributed by atoms with van der Waals surface area (Å²) in [6.07, 6.45) is 3.12. The molecular formula is C28H30F3N5O3S. The fourth-order valence-corrected chi connectivity index (χ4v) is 5.83. The quantitative estimate of drug-likeness (QED) is 0.270. The highest BCUT2D eigenvalue weighted by Gasteiger charge is 2.38. The summed E-state index contributed by atoms with van der Waals surface area (Å²) in [6.45, 7) is 1.34. The number of aromatic nitrogens is 2. The molecule has 2 aromatic heterocycles. The zero-order chi connectivity index (χ0) is 28.9. The molecule has 1 aliphatic rings. The van der Waals surface area contributed by atoms with Crippen molar-refractivity contribution in [3.63, 3.8) is 0 Å². The van der Waals surface area contributed by atoms with E-state index in [4.69, 9.17) is 5.41 Å². The van der Waals surface area contributed by atoms with E-state index in [9.17, 15) is 27.9 Å². The second-order valence-corrected chi connectivity index (χ2v) is 11.1. The van der Waals surface area contributed by atoms with E-state index in [1.54, 1.807) is 25.5 Å². The maximum Gasteiger partial charge on any atom is 0.416 e. The van der Waals surface area contributed by atoms with E-state index in [0.29, 0.717) is 37.8 Å². The van der Waals surface area contributed by atoms with Gasteiger partial charge in [0, 0.05) is 47.9 Å². The van der Waals surface area contributed by atoms with Crippen molar-refractivity contribution >= 4 is 28.9 Å². The average Bonchev–Trinajstić information content (AvgIpc) is 3.44. The van der Waals surface area contributed by atoms with Crippen LogP contribution in [0, 0.1) is 11.3 Å². The minimum absolute atomic E-state index is 0.0223. The van der Waals surface area contributed by atoms with Crippen LogP contribution in [0.5, 0.6) is 0 Å². The van der Waals surface area contributed by atoms with E-state index < -0.39 is 35.7 Å². The van der Waals surface area contributed by atoms with Gasteiger partial charge in [0.1, 0.15) is 10.6 Å². The van der Waals surface area contributed by atoms with Crippen LogP contribution in [0.4, 0.5) is 13.2 Å². The van der Waals surface area contributed by atoms with Gasteiger partial charge in [-0.15, -0.1) is 11.3 Å². The third-order valence-electron chi connectivity index (χ3n) is 6.97. The summed E-state index contributed by atoms with van der Waals surface area (Å²) in [5.41, 5.74) is -0.764. The summed E-state index contributed by atoms with van der Waals surface area (Å²) >= 11 is 1.44. The smallest absolute Gasteiger partial charge is 0.384 e. The van der Waals surface area contributed by atoms with Crippen LogP contribution in [-0.2, 0) is 16.6 Å². The van der Waals surface area contributed by atoms with Crippen molar-refractivity contribution in [2.24, 2.45) is 5.92 Å². The van der Waals surface area contributed by atoms with Crippen molar-refractivity contribution in [3.8, 4) is 10.6 Å². The first-order valence-electron chi connectivity index (χ1n) is 12.9. The largest absolute Gasteiger partial charge is 0.416 e. The molecule has 12 heteroatoms. The van der Waals surface area contributed by atoms with Gasteiger partial charge in [0.05, 0.1) is 17.0 Å². The summed E-state index contributed by atoms with van der Waals surface area (Å²) < 4.78 is 38.6. The summed E-state index contributed by atoms with van der Waals surface area (Å²) in [6, 6.07) is 7.35. The molecule has 3 aromatic rings. The van der Waals surface area contributed by atoms with Gasteiger partial charge in [-0.2, -0.15) is 13.2 Å². The van der Waals surface area contributed by atoms with Gasteiger partial charge in [-0.1, -0.05) is 6.07 Å². The van der Waals surface area contributed by atoms with Gasteiger partial charge in [0.2, 0.25) is 5.91 Å². The summed E-state index contributed by atoms with van der Waals surface area (Å²) in [7, 11) is 0. The van der Waals surface area contributed by atoms with E-state index >= 15 is 0 Å². The van der Waals surface area contributed by atoms with Crippen LogP contribution >= 0.6 is 11.3 Å². The normalized spacial score (nSPS) is 20.0. The average molecular weight is 574 g/mol. The molecule has 2 amide bonds. The number of hydrogen-bond donors (Lipinski definition) is 4. The third-order valence-corrected chi connectivity index (χ3v) is 8.21. The van der Waals surface area contributed by atoms with Crippen molar-refractivity contribution < 1.29 is 27.9 Å². The lowest BCUT2D eigenvalue weighted by Crippen LogP contribution is -2.42. The molecule has 4 rings (SSSR count). The lowest BCUT2D eigenvalue weighted by atomic mass is 9.75. The van der Waals surface area contributed by atoms with E-state index in [-0.39, 0.29) is 17.5 Å². The zero-order valence-electron chi connectivity index (χ0n) is 21.8. The first kappa shape index (κ1) is 29.3. The molecular weight excluding hydrogens is 543 g/mol. The van der Waals surface area contributed by atoms with Gasteiger partial charge in [-0.25, -0.2) is 4.98 Å². The van der Waals surface area contributed by atoms with Crippen molar-refractivity contribution in [1.29, 1.82) is 5.41 Å². The number of hydrogen-bond acceptors (Lipinski definition) is 7. The number of nitrogens with zero attached hydrogens (tertiary/aromatic N) is 2. The van der Waals surface area contributed by atoms with E-state index in [2.05, 4.69) is 20.6 Å². The Labute approximate surface area is 233 Å². The number of aliphatic hydroxyl groups is 1. The van der Waals surface area contributed by atoms with Gasteiger partial charge in [0.15, 0.2) is 0 Å². The number of nitrogens with one attached hydrogen (secondary N) is 3. The predicted octanol–water partition coefficient (Wildman–Crippen LogP) is 4.95. The number of rotatable bonds is 9. The van der Waals surface area contributed by atoms with Crippen LogP contribution in [0.25, 0.3) is 10.6 Å². The fourth-order valence-electron chi connectivity index (χ4n) is 4.78. The molecule has 1 saturated carbocycles. The second kappa shape index (κ2) is 12.3. The number of halogens is 3. The summed E-state index contributed by atoms with van der Waals surface area (Å²) in [5, 5.41) is 25.7. The van der Waals surface area contributed by atoms with Crippen molar-refractivity contribution in [2.45, 2.75) is 56.8 Å². The number of thiazole rings is 1. The number of benzene rings is 1. The lowest BCUT2D eigenvalue weighted by molar-refractivity contribution is -0.137. The Morgan fingerprint density at radius 2 is 1.95 bits per heavy atom. The lowest BCUT2D eigenvalue weighted by Gasteiger charge is -2.35. The Hall–Kier alpha value is -3.64. The molecule has 1 aromatic carbocycles. The Balaban J connectivity index is 1.22. The highest BCUT2D eigenvalue weighted by atomic mass is 32.1. The van der Waals surface area contributed by atoms with E-state index in [1.165, 1.54) is 17.4 Å². The van der Waals surface area contributed by atoms with Crippen molar-refractivity contribution in [3.05, 3.63) is 71.0 Å². The zero-order valence-corrected chi connectivity index (χ0v) is 22.6. The Morgan fingerprint density at radius 1 is 1.20 bits per heavy atom. The molecule has 1 aliphatic carbocycles. The Morgan fingerprint density at radius 3 is 2.62 bits per heavy atom. The van der Waals surface area contributed by atoms with Crippen molar-refractivity contribution in [2.75, 3.05) is 6.54 Å². The monoisotopic (exact) mass is 573 g/mol. The number of carbonyl (C=O) groups excluding carboxylic acids is 2. The van der Waals surface area contributed by atoms with Gasteiger partial charge >= 0.3 is 6.18 Å². The summed E-state index contributed by atoms with van der Waals surface area (Å²) in [4.78, 5) is 33.9. The molecule has 40 heavy (non-hydrogen) atoms. The minimum Gasteiger partial charge on any atom is -0.384 e. The summed E-state index contributed by atoms with van der Waals surface area (Å²) in [5.74, 6) is -1.32. The second-order valence-electron chi connectivity index (χ2n) is 10.0. The van der Waals surface area contributed by atoms with E-state index in [0.717, 1.165) is 33.6 Å². The number of carbonyl (C=O) groups is 2. The third kappa shape index (κ3) is 7.30. The molecule has 0 unspecified atom stereocenters. The molecule has 4 N–H and O–H groups in total.